The summed E-state index contributed by atoms with van der Waals surface area (Å²) in [5.41, 5.74) is 2.89. The van der Waals surface area contributed by atoms with E-state index in [1.165, 1.54) is 43.4 Å². The van der Waals surface area contributed by atoms with E-state index in [1.54, 1.807) is 0 Å². The Labute approximate surface area is 124 Å². The Bertz CT molecular complexity index is 385. The van der Waals surface area contributed by atoms with Gasteiger partial charge in [-0.25, -0.2) is 0 Å². The second-order valence-electron chi connectivity index (χ2n) is 6.37. The molecule has 1 aromatic carbocycles. The Hall–Kier alpha value is -0.860. The highest BCUT2D eigenvalue weighted by molar-refractivity contribution is 5.25. The third-order valence-electron chi connectivity index (χ3n) is 4.64. The maximum Gasteiger partial charge on any atom is 0.0236 e. The van der Waals surface area contributed by atoms with Crippen LogP contribution in [0.4, 0.5) is 0 Å². The molecule has 2 unspecified atom stereocenters. The zero-order valence-corrected chi connectivity index (χ0v) is 13.4. The third-order valence-corrected chi connectivity index (χ3v) is 4.64. The van der Waals surface area contributed by atoms with Gasteiger partial charge in [0.25, 0.3) is 0 Å². The van der Waals surface area contributed by atoms with Crippen LogP contribution >= 0.6 is 0 Å². The molecule has 1 aromatic rings. The van der Waals surface area contributed by atoms with Gasteiger partial charge in [0.05, 0.1) is 0 Å². The molecule has 0 aromatic heterocycles. The van der Waals surface area contributed by atoms with Crippen LogP contribution in [-0.4, -0.2) is 31.1 Å². The van der Waals surface area contributed by atoms with Gasteiger partial charge < -0.3 is 5.32 Å². The van der Waals surface area contributed by atoms with Gasteiger partial charge in [-0.3, -0.25) is 4.90 Å². The van der Waals surface area contributed by atoms with Crippen molar-refractivity contribution in [1.82, 2.24) is 10.2 Å². The van der Waals surface area contributed by atoms with Crippen LogP contribution in [0, 0.1) is 0 Å². The molecule has 2 rings (SSSR count). The van der Waals surface area contributed by atoms with Crippen LogP contribution in [0.3, 0.4) is 0 Å². The van der Waals surface area contributed by atoms with E-state index in [1.807, 2.05) is 7.05 Å². The molecular weight excluding hydrogens is 244 g/mol. The lowest BCUT2D eigenvalue weighted by Crippen LogP contribution is -2.31. The lowest BCUT2D eigenvalue weighted by atomic mass is 9.99. The predicted molar refractivity (Wildman–Crippen MR) is 87.1 cm³/mol. The van der Waals surface area contributed by atoms with Crippen LogP contribution in [0.15, 0.2) is 24.3 Å². The van der Waals surface area contributed by atoms with Gasteiger partial charge in [0, 0.05) is 19.1 Å². The van der Waals surface area contributed by atoms with E-state index < -0.39 is 0 Å². The quantitative estimate of drug-likeness (QED) is 0.879. The molecule has 2 nitrogen and oxygen atoms in total. The molecule has 1 saturated heterocycles. The van der Waals surface area contributed by atoms with Gasteiger partial charge in [-0.2, -0.15) is 0 Å². The van der Waals surface area contributed by atoms with Crippen molar-refractivity contribution in [3.05, 3.63) is 35.4 Å². The maximum absolute atomic E-state index is 3.25. The van der Waals surface area contributed by atoms with Gasteiger partial charge in [-0.15, -0.1) is 0 Å². The summed E-state index contributed by atoms with van der Waals surface area (Å²) in [5.74, 6) is 0.589. The molecule has 112 valence electrons. The summed E-state index contributed by atoms with van der Waals surface area (Å²) in [7, 11) is 2.02. The number of rotatable bonds is 5. The minimum atomic E-state index is 0.589. The second kappa shape index (κ2) is 7.80. The number of hydrogen-bond donors (Lipinski definition) is 1. The fraction of sp³-hybridized carbons (Fsp3) is 0.667. The minimum Gasteiger partial charge on any atom is -0.319 e. The van der Waals surface area contributed by atoms with E-state index in [-0.39, 0.29) is 0 Å². The highest BCUT2D eigenvalue weighted by Crippen LogP contribution is 2.20. The molecule has 2 atom stereocenters. The SMILES string of the molecule is CNCC(C)c1ccc(CN2CCCCCC2C)cc1. The normalized spacial score (nSPS) is 22.4. The van der Waals surface area contributed by atoms with E-state index in [0.29, 0.717) is 5.92 Å². The zero-order valence-electron chi connectivity index (χ0n) is 13.4. The first kappa shape index (κ1) is 15.5. The maximum atomic E-state index is 3.25. The second-order valence-corrected chi connectivity index (χ2v) is 6.37. The number of nitrogens with zero attached hydrogens (tertiary/aromatic N) is 1. The fourth-order valence-corrected chi connectivity index (χ4v) is 3.18. The van der Waals surface area contributed by atoms with E-state index in [2.05, 4.69) is 48.3 Å². The first-order chi connectivity index (χ1) is 9.70. The van der Waals surface area contributed by atoms with Crippen molar-refractivity contribution in [2.24, 2.45) is 0 Å². The highest BCUT2D eigenvalue weighted by atomic mass is 15.1. The average Bonchev–Trinajstić information content (AvgIpc) is 2.65. The first-order valence-electron chi connectivity index (χ1n) is 8.18. The predicted octanol–water partition coefficient (Wildman–Crippen LogP) is 3.77. The number of likely N-dealkylation sites (tertiary alicyclic amines) is 1. The highest BCUT2D eigenvalue weighted by Gasteiger charge is 2.16. The van der Waals surface area contributed by atoms with Gasteiger partial charge in [0.2, 0.25) is 0 Å². The van der Waals surface area contributed by atoms with Crippen molar-refractivity contribution in [2.45, 2.75) is 58.0 Å². The van der Waals surface area contributed by atoms with E-state index in [4.69, 9.17) is 0 Å². The summed E-state index contributed by atoms with van der Waals surface area (Å²) in [6.45, 7) is 8.08. The molecule has 1 N–H and O–H groups in total. The number of nitrogens with one attached hydrogen (secondary N) is 1. The number of benzene rings is 1. The molecule has 1 heterocycles. The summed E-state index contributed by atoms with van der Waals surface area (Å²) >= 11 is 0. The topological polar surface area (TPSA) is 15.3 Å². The third kappa shape index (κ3) is 4.32. The van der Waals surface area contributed by atoms with Crippen LogP contribution in [0.25, 0.3) is 0 Å². The van der Waals surface area contributed by atoms with Gasteiger partial charge in [0.15, 0.2) is 0 Å². The molecule has 0 aliphatic carbocycles. The molecule has 0 saturated carbocycles. The summed E-state index contributed by atoms with van der Waals surface area (Å²) in [4.78, 5) is 2.65. The Balaban J connectivity index is 1.95. The first-order valence-corrected chi connectivity index (χ1v) is 8.18. The molecule has 0 bridgehead atoms. The summed E-state index contributed by atoms with van der Waals surface area (Å²) in [5, 5.41) is 3.25. The van der Waals surface area contributed by atoms with Crippen LogP contribution in [0.1, 0.15) is 56.6 Å². The van der Waals surface area contributed by atoms with Gasteiger partial charge >= 0.3 is 0 Å². The molecule has 2 heteroatoms. The van der Waals surface area contributed by atoms with Crippen molar-refractivity contribution in [1.29, 1.82) is 0 Å². The van der Waals surface area contributed by atoms with Crippen molar-refractivity contribution in [2.75, 3.05) is 20.1 Å². The largest absolute Gasteiger partial charge is 0.319 e. The van der Waals surface area contributed by atoms with E-state index in [0.717, 1.165) is 19.1 Å². The smallest absolute Gasteiger partial charge is 0.0236 e. The minimum absolute atomic E-state index is 0.589. The standard InChI is InChI=1S/C18H30N2/c1-15(13-19-3)18-10-8-17(9-11-18)14-20-12-6-4-5-7-16(20)2/h8-11,15-16,19H,4-7,12-14H2,1-3H3. The summed E-state index contributed by atoms with van der Waals surface area (Å²) in [6.07, 6.45) is 5.53. The number of hydrogen-bond acceptors (Lipinski definition) is 2. The van der Waals surface area contributed by atoms with E-state index >= 15 is 0 Å². The molecule has 0 spiro atoms. The van der Waals surface area contributed by atoms with Crippen LogP contribution in [0.5, 0.6) is 0 Å². The fourth-order valence-electron chi connectivity index (χ4n) is 3.18. The number of likely N-dealkylation sites (N-methyl/N-ethyl adjacent to an activating group) is 1. The van der Waals surface area contributed by atoms with Gasteiger partial charge in [-0.05, 0) is 50.4 Å². The lowest BCUT2D eigenvalue weighted by Gasteiger charge is -2.27. The molecule has 1 aliphatic heterocycles. The lowest BCUT2D eigenvalue weighted by molar-refractivity contribution is 0.205. The van der Waals surface area contributed by atoms with Crippen molar-refractivity contribution in [3.8, 4) is 0 Å². The zero-order chi connectivity index (χ0) is 14.4. The van der Waals surface area contributed by atoms with Crippen LogP contribution in [-0.2, 0) is 6.54 Å². The molecule has 1 aliphatic rings. The van der Waals surface area contributed by atoms with Crippen molar-refractivity contribution >= 4 is 0 Å². The van der Waals surface area contributed by atoms with Gasteiger partial charge in [0.1, 0.15) is 0 Å². The Morgan fingerprint density at radius 3 is 2.65 bits per heavy atom. The van der Waals surface area contributed by atoms with E-state index in [9.17, 15) is 0 Å². The van der Waals surface area contributed by atoms with Gasteiger partial charge in [-0.1, -0.05) is 44.0 Å². The molecule has 20 heavy (non-hydrogen) atoms. The Kier molecular flexibility index (Phi) is 6.06. The van der Waals surface area contributed by atoms with Crippen molar-refractivity contribution in [3.63, 3.8) is 0 Å². The molecule has 1 fully saturated rings. The van der Waals surface area contributed by atoms with Crippen molar-refractivity contribution < 1.29 is 0 Å². The average molecular weight is 274 g/mol. The Morgan fingerprint density at radius 1 is 1.20 bits per heavy atom. The molecule has 0 radical (unpaired) electrons. The molecule has 0 amide bonds. The van der Waals surface area contributed by atoms with Crippen LogP contribution < -0.4 is 5.32 Å². The monoisotopic (exact) mass is 274 g/mol. The Morgan fingerprint density at radius 2 is 1.95 bits per heavy atom. The molecular formula is C18H30N2. The van der Waals surface area contributed by atoms with Crippen LogP contribution in [0.2, 0.25) is 0 Å². The summed E-state index contributed by atoms with van der Waals surface area (Å²) in [6, 6.07) is 9.98. The summed E-state index contributed by atoms with van der Waals surface area (Å²) < 4.78 is 0.